The third-order valence-corrected chi connectivity index (χ3v) is 4.15. The van der Waals surface area contributed by atoms with Gasteiger partial charge >= 0.3 is 0 Å². The summed E-state index contributed by atoms with van der Waals surface area (Å²) in [6, 6.07) is 8.45. The third kappa shape index (κ3) is 2.64. The summed E-state index contributed by atoms with van der Waals surface area (Å²) in [6.45, 7) is 5.14. The summed E-state index contributed by atoms with van der Waals surface area (Å²) in [4.78, 5) is 16.7. The quantitative estimate of drug-likeness (QED) is 0.907. The van der Waals surface area contributed by atoms with Gasteiger partial charge in [0, 0.05) is 38.9 Å². The molecule has 1 aromatic carbocycles. The van der Waals surface area contributed by atoms with Crippen LogP contribution in [-0.4, -0.2) is 46.8 Å². The van der Waals surface area contributed by atoms with Crippen molar-refractivity contribution in [2.24, 2.45) is 7.05 Å². The first kappa shape index (κ1) is 14.4. The van der Waals surface area contributed by atoms with Gasteiger partial charge in [-0.05, 0) is 24.6 Å². The molecule has 0 unspecified atom stereocenters. The van der Waals surface area contributed by atoms with Gasteiger partial charge in [0.2, 0.25) is 0 Å². The Labute approximate surface area is 130 Å². The smallest absolute Gasteiger partial charge is 0.259 e. The van der Waals surface area contributed by atoms with Gasteiger partial charge in [-0.15, -0.1) is 0 Å². The summed E-state index contributed by atoms with van der Waals surface area (Å²) in [7, 11) is 1.74. The minimum Gasteiger partial charge on any atom is -0.383 e. The Morgan fingerprint density at radius 3 is 2.55 bits per heavy atom. The molecule has 1 aliphatic rings. The number of carbonyl (C=O) groups is 1. The van der Waals surface area contributed by atoms with Crippen molar-refractivity contribution in [3.8, 4) is 0 Å². The lowest BCUT2D eigenvalue weighted by Crippen LogP contribution is -2.48. The minimum absolute atomic E-state index is 0.0329. The molecular weight excluding hydrogens is 278 g/mol. The van der Waals surface area contributed by atoms with Crippen LogP contribution in [0.5, 0.6) is 0 Å². The van der Waals surface area contributed by atoms with Gasteiger partial charge < -0.3 is 15.5 Å². The summed E-state index contributed by atoms with van der Waals surface area (Å²) in [5.74, 6) is 0.389. The number of hydrogen-bond donors (Lipinski definition) is 1. The number of nitrogen functional groups attached to an aromatic ring is 1. The highest BCUT2D eigenvalue weighted by molar-refractivity contribution is 5.98. The van der Waals surface area contributed by atoms with E-state index in [0.717, 1.165) is 13.1 Å². The fraction of sp³-hybridized carbons (Fsp3) is 0.375. The molecule has 0 bridgehead atoms. The van der Waals surface area contributed by atoms with E-state index in [4.69, 9.17) is 5.73 Å². The van der Waals surface area contributed by atoms with E-state index >= 15 is 0 Å². The first-order valence-corrected chi connectivity index (χ1v) is 7.44. The van der Waals surface area contributed by atoms with E-state index in [1.807, 2.05) is 4.90 Å². The molecule has 6 nitrogen and oxygen atoms in total. The number of rotatable bonds is 2. The van der Waals surface area contributed by atoms with Gasteiger partial charge in [0.05, 0.1) is 6.20 Å². The van der Waals surface area contributed by atoms with Crippen LogP contribution in [0.1, 0.15) is 15.9 Å². The molecule has 1 aliphatic heterocycles. The number of piperazine rings is 1. The zero-order valence-corrected chi connectivity index (χ0v) is 13.0. The lowest BCUT2D eigenvalue weighted by molar-refractivity contribution is 0.0748. The average molecular weight is 299 g/mol. The Bertz CT molecular complexity index is 686. The van der Waals surface area contributed by atoms with Gasteiger partial charge in [0.15, 0.2) is 0 Å². The van der Waals surface area contributed by atoms with Gasteiger partial charge in [0.25, 0.3) is 5.91 Å². The van der Waals surface area contributed by atoms with E-state index in [0.29, 0.717) is 24.5 Å². The van der Waals surface area contributed by atoms with Crippen LogP contribution in [0.4, 0.5) is 11.5 Å². The largest absolute Gasteiger partial charge is 0.383 e. The maximum absolute atomic E-state index is 12.5. The van der Waals surface area contributed by atoms with Crippen molar-refractivity contribution in [1.82, 2.24) is 14.7 Å². The van der Waals surface area contributed by atoms with Gasteiger partial charge in [0.1, 0.15) is 11.4 Å². The Hall–Kier alpha value is -2.50. The number of nitrogens with two attached hydrogens (primary N) is 1. The van der Waals surface area contributed by atoms with Crippen molar-refractivity contribution in [2.75, 3.05) is 36.8 Å². The Kier molecular flexibility index (Phi) is 3.75. The number of carbonyl (C=O) groups excluding carboxylic acids is 1. The molecule has 1 aromatic heterocycles. The summed E-state index contributed by atoms with van der Waals surface area (Å²) in [5, 5.41) is 4.04. The SMILES string of the molecule is Cc1cccc(N2CCN(C(=O)c3cnn(C)c3N)CC2)c1. The number of amides is 1. The fourth-order valence-electron chi connectivity index (χ4n) is 2.77. The number of aryl methyl sites for hydroxylation is 2. The zero-order chi connectivity index (χ0) is 15.7. The highest BCUT2D eigenvalue weighted by Crippen LogP contribution is 2.19. The number of nitrogens with zero attached hydrogens (tertiary/aromatic N) is 4. The molecule has 2 N–H and O–H groups in total. The van der Waals surface area contributed by atoms with Crippen molar-refractivity contribution in [3.05, 3.63) is 41.6 Å². The van der Waals surface area contributed by atoms with Crippen molar-refractivity contribution in [1.29, 1.82) is 0 Å². The van der Waals surface area contributed by atoms with Crippen LogP contribution in [0.25, 0.3) is 0 Å². The van der Waals surface area contributed by atoms with E-state index in [1.54, 1.807) is 13.2 Å². The molecule has 0 aliphatic carbocycles. The Morgan fingerprint density at radius 1 is 1.23 bits per heavy atom. The molecule has 1 amide bonds. The van der Waals surface area contributed by atoms with Gasteiger partial charge in [-0.1, -0.05) is 12.1 Å². The number of hydrogen-bond acceptors (Lipinski definition) is 4. The zero-order valence-electron chi connectivity index (χ0n) is 13.0. The fourth-order valence-corrected chi connectivity index (χ4v) is 2.77. The molecule has 0 radical (unpaired) electrons. The molecule has 2 heterocycles. The van der Waals surface area contributed by atoms with Crippen LogP contribution < -0.4 is 10.6 Å². The maximum atomic E-state index is 12.5. The molecule has 6 heteroatoms. The molecule has 1 fully saturated rings. The molecule has 0 saturated carbocycles. The predicted molar refractivity (Wildman–Crippen MR) is 86.9 cm³/mol. The Balaban J connectivity index is 1.67. The van der Waals surface area contributed by atoms with Crippen molar-refractivity contribution < 1.29 is 4.79 Å². The lowest BCUT2D eigenvalue weighted by atomic mass is 10.2. The highest BCUT2D eigenvalue weighted by atomic mass is 16.2. The average Bonchev–Trinajstić information content (AvgIpc) is 2.86. The molecule has 22 heavy (non-hydrogen) atoms. The van der Waals surface area contributed by atoms with Gasteiger partial charge in [-0.3, -0.25) is 9.48 Å². The second-order valence-corrected chi connectivity index (χ2v) is 5.69. The van der Waals surface area contributed by atoms with E-state index < -0.39 is 0 Å². The van der Waals surface area contributed by atoms with Crippen LogP contribution in [0.3, 0.4) is 0 Å². The number of benzene rings is 1. The number of aromatic nitrogens is 2. The first-order chi connectivity index (χ1) is 10.6. The molecule has 0 spiro atoms. The van der Waals surface area contributed by atoms with Crippen LogP contribution in [-0.2, 0) is 7.05 Å². The topological polar surface area (TPSA) is 67.4 Å². The van der Waals surface area contributed by atoms with E-state index in [1.165, 1.54) is 15.9 Å². The molecule has 1 saturated heterocycles. The summed E-state index contributed by atoms with van der Waals surface area (Å²) in [5.41, 5.74) is 8.84. The molecule has 3 rings (SSSR count). The van der Waals surface area contributed by atoms with Crippen LogP contribution in [0.15, 0.2) is 30.5 Å². The van der Waals surface area contributed by atoms with Crippen molar-refractivity contribution in [2.45, 2.75) is 6.92 Å². The second-order valence-electron chi connectivity index (χ2n) is 5.69. The van der Waals surface area contributed by atoms with Crippen molar-refractivity contribution >= 4 is 17.4 Å². The number of anilines is 2. The molecule has 116 valence electrons. The second kappa shape index (κ2) is 5.71. The van der Waals surface area contributed by atoms with E-state index in [9.17, 15) is 4.79 Å². The molecule has 0 atom stereocenters. The Morgan fingerprint density at radius 2 is 1.95 bits per heavy atom. The van der Waals surface area contributed by atoms with E-state index in [-0.39, 0.29) is 5.91 Å². The summed E-state index contributed by atoms with van der Waals surface area (Å²) < 4.78 is 1.52. The molecular formula is C16H21N5O. The first-order valence-electron chi connectivity index (χ1n) is 7.44. The lowest BCUT2D eigenvalue weighted by Gasteiger charge is -2.36. The minimum atomic E-state index is -0.0329. The molecule has 2 aromatic rings. The van der Waals surface area contributed by atoms with Crippen LogP contribution in [0.2, 0.25) is 0 Å². The summed E-state index contributed by atoms with van der Waals surface area (Å²) in [6.07, 6.45) is 1.55. The van der Waals surface area contributed by atoms with Crippen molar-refractivity contribution in [3.63, 3.8) is 0 Å². The van der Waals surface area contributed by atoms with Gasteiger partial charge in [-0.25, -0.2) is 0 Å². The predicted octanol–water partition coefficient (Wildman–Crippen LogP) is 1.27. The standard InChI is InChI=1S/C16H21N5O/c1-12-4-3-5-13(10-12)20-6-8-21(9-7-20)16(22)14-11-18-19(2)15(14)17/h3-5,10-11H,6-9,17H2,1-2H3. The van der Waals surface area contributed by atoms with Crippen LogP contribution >= 0.6 is 0 Å². The third-order valence-electron chi connectivity index (χ3n) is 4.15. The monoisotopic (exact) mass is 299 g/mol. The summed E-state index contributed by atoms with van der Waals surface area (Å²) >= 11 is 0. The normalized spacial score (nSPS) is 15.2. The highest BCUT2D eigenvalue weighted by Gasteiger charge is 2.25. The van der Waals surface area contributed by atoms with Gasteiger partial charge in [-0.2, -0.15) is 5.10 Å². The van der Waals surface area contributed by atoms with Crippen LogP contribution in [0, 0.1) is 6.92 Å². The maximum Gasteiger partial charge on any atom is 0.259 e. The van der Waals surface area contributed by atoms with E-state index in [2.05, 4.69) is 41.2 Å².